The van der Waals surface area contributed by atoms with Crippen LogP contribution in [-0.4, -0.2) is 20.0 Å². The average Bonchev–Trinajstić information content (AvgIpc) is 3.20. The largest absolute Gasteiger partial charge is 0.310 e. The van der Waals surface area contributed by atoms with Crippen molar-refractivity contribution in [2.24, 2.45) is 0 Å². The van der Waals surface area contributed by atoms with E-state index in [-0.39, 0.29) is 4.90 Å². The van der Waals surface area contributed by atoms with Gasteiger partial charge < -0.3 is 5.32 Å². The first kappa shape index (κ1) is 16.4. The second-order valence-electron chi connectivity index (χ2n) is 6.25. The lowest BCUT2D eigenvalue weighted by atomic mass is 10.0. The Bertz CT molecular complexity index is 610. The van der Waals surface area contributed by atoms with Gasteiger partial charge in [-0.3, -0.25) is 0 Å². The topological polar surface area (TPSA) is 58.2 Å². The van der Waals surface area contributed by atoms with Crippen LogP contribution in [-0.2, 0) is 16.6 Å². The Morgan fingerprint density at radius 3 is 2.57 bits per heavy atom. The third kappa shape index (κ3) is 4.49. The second-order valence-corrected chi connectivity index (χ2v) is 7.90. The highest BCUT2D eigenvalue weighted by molar-refractivity contribution is 7.89. The fourth-order valence-electron chi connectivity index (χ4n) is 1.96. The molecule has 0 bridgehead atoms. The molecule has 21 heavy (non-hydrogen) atoms. The molecule has 0 aromatic heterocycles. The highest BCUT2D eigenvalue weighted by atomic mass is 32.2. The van der Waals surface area contributed by atoms with E-state index in [1.54, 1.807) is 0 Å². The van der Waals surface area contributed by atoms with Gasteiger partial charge in [0.25, 0.3) is 0 Å². The summed E-state index contributed by atoms with van der Waals surface area (Å²) in [4.78, 5) is 0.0252. The molecule has 4 nitrogen and oxygen atoms in total. The van der Waals surface area contributed by atoms with Crippen molar-refractivity contribution in [2.75, 3.05) is 0 Å². The summed E-state index contributed by atoms with van der Waals surface area (Å²) in [6.07, 6.45) is 2.88. The normalized spacial score (nSPS) is 16.2. The van der Waals surface area contributed by atoms with E-state index in [4.69, 9.17) is 0 Å². The van der Waals surface area contributed by atoms with Gasteiger partial charge in [0.1, 0.15) is 5.82 Å². The Kier molecular flexibility index (Phi) is 4.70. The Morgan fingerprint density at radius 2 is 2.00 bits per heavy atom. The van der Waals surface area contributed by atoms with Crippen LogP contribution in [0.1, 0.15) is 45.6 Å². The molecular formula is C15H23FN2O2S. The summed E-state index contributed by atoms with van der Waals surface area (Å²) >= 11 is 0. The number of hydrogen-bond acceptors (Lipinski definition) is 3. The van der Waals surface area contributed by atoms with Gasteiger partial charge >= 0.3 is 0 Å². The van der Waals surface area contributed by atoms with Crippen molar-refractivity contribution in [3.8, 4) is 0 Å². The van der Waals surface area contributed by atoms with Gasteiger partial charge in [0.05, 0.1) is 4.90 Å². The van der Waals surface area contributed by atoms with Crippen LogP contribution in [0.5, 0.6) is 0 Å². The molecule has 6 heteroatoms. The van der Waals surface area contributed by atoms with E-state index < -0.39 is 21.4 Å². The predicted molar refractivity (Wildman–Crippen MR) is 81.0 cm³/mol. The van der Waals surface area contributed by atoms with Crippen LogP contribution in [0.3, 0.4) is 0 Å². The number of rotatable bonds is 7. The SMILES string of the molecule is CCC(C)(C)NS(=O)(=O)c1cc(F)ccc1CNC1CC1. The van der Waals surface area contributed by atoms with Crippen LogP contribution in [0, 0.1) is 5.82 Å². The van der Waals surface area contributed by atoms with Crippen LogP contribution in [0.4, 0.5) is 4.39 Å². The molecule has 2 rings (SSSR count). The van der Waals surface area contributed by atoms with E-state index in [1.165, 1.54) is 12.1 Å². The molecular weight excluding hydrogens is 291 g/mol. The highest BCUT2D eigenvalue weighted by Crippen LogP contribution is 2.23. The molecule has 0 atom stereocenters. The summed E-state index contributed by atoms with van der Waals surface area (Å²) in [5.74, 6) is -0.542. The quantitative estimate of drug-likeness (QED) is 0.813. The third-order valence-corrected chi connectivity index (χ3v) is 5.55. The van der Waals surface area contributed by atoms with Crippen LogP contribution in [0.15, 0.2) is 23.1 Å². The van der Waals surface area contributed by atoms with Crippen molar-refractivity contribution in [3.05, 3.63) is 29.6 Å². The number of sulfonamides is 1. The van der Waals surface area contributed by atoms with Crippen molar-refractivity contribution >= 4 is 10.0 Å². The molecule has 1 saturated carbocycles. The number of nitrogens with one attached hydrogen (secondary N) is 2. The maximum atomic E-state index is 13.5. The fourth-order valence-corrected chi connectivity index (χ4v) is 3.69. The maximum absolute atomic E-state index is 13.5. The maximum Gasteiger partial charge on any atom is 0.241 e. The summed E-state index contributed by atoms with van der Waals surface area (Å²) in [7, 11) is -3.74. The van der Waals surface area contributed by atoms with Gasteiger partial charge in [-0.1, -0.05) is 13.0 Å². The minimum atomic E-state index is -3.74. The summed E-state index contributed by atoms with van der Waals surface area (Å²) < 4.78 is 41.2. The molecule has 2 N–H and O–H groups in total. The van der Waals surface area contributed by atoms with E-state index in [9.17, 15) is 12.8 Å². The van der Waals surface area contributed by atoms with Gasteiger partial charge in [0.2, 0.25) is 10.0 Å². The molecule has 0 unspecified atom stereocenters. The van der Waals surface area contributed by atoms with Crippen molar-refractivity contribution < 1.29 is 12.8 Å². The lowest BCUT2D eigenvalue weighted by Crippen LogP contribution is -2.43. The van der Waals surface area contributed by atoms with Crippen molar-refractivity contribution in [3.63, 3.8) is 0 Å². The molecule has 1 aromatic rings. The smallest absolute Gasteiger partial charge is 0.241 e. The molecule has 1 aliphatic carbocycles. The lowest BCUT2D eigenvalue weighted by molar-refractivity contribution is 0.438. The second kappa shape index (κ2) is 6.02. The van der Waals surface area contributed by atoms with Gasteiger partial charge in [0.15, 0.2) is 0 Å². The molecule has 0 aliphatic heterocycles. The predicted octanol–water partition coefficient (Wildman–Crippen LogP) is 2.54. The van der Waals surface area contributed by atoms with E-state index in [1.807, 2.05) is 20.8 Å². The van der Waals surface area contributed by atoms with Gasteiger partial charge in [-0.2, -0.15) is 0 Å². The van der Waals surface area contributed by atoms with Crippen LogP contribution in [0.2, 0.25) is 0 Å². The lowest BCUT2D eigenvalue weighted by Gasteiger charge is -2.25. The van der Waals surface area contributed by atoms with E-state index in [0.717, 1.165) is 18.9 Å². The Hall–Kier alpha value is -0.980. The summed E-state index contributed by atoms with van der Waals surface area (Å²) in [5.41, 5.74) is 0.0366. The van der Waals surface area contributed by atoms with Crippen molar-refractivity contribution in [2.45, 2.75) is 63.1 Å². The first-order chi connectivity index (χ1) is 9.73. The molecule has 0 amide bonds. The Balaban J connectivity index is 2.28. The molecule has 0 heterocycles. The summed E-state index contributed by atoms with van der Waals surface area (Å²) in [6.45, 7) is 5.97. The summed E-state index contributed by atoms with van der Waals surface area (Å²) in [5, 5.41) is 3.27. The third-order valence-electron chi connectivity index (χ3n) is 3.77. The van der Waals surface area contributed by atoms with Crippen LogP contribution in [0.25, 0.3) is 0 Å². The van der Waals surface area contributed by atoms with Gasteiger partial charge in [-0.15, -0.1) is 0 Å². The zero-order valence-electron chi connectivity index (χ0n) is 12.7. The average molecular weight is 314 g/mol. The van der Waals surface area contributed by atoms with Crippen LogP contribution >= 0.6 is 0 Å². The Morgan fingerprint density at radius 1 is 1.33 bits per heavy atom. The molecule has 1 aliphatic rings. The standard InChI is InChI=1S/C15H23FN2O2S/c1-4-15(2,3)18-21(19,20)14-9-12(16)6-5-11(14)10-17-13-7-8-13/h5-6,9,13,17-18H,4,7-8,10H2,1-3H3. The van der Waals surface area contributed by atoms with E-state index >= 15 is 0 Å². The van der Waals surface area contributed by atoms with Crippen molar-refractivity contribution in [1.82, 2.24) is 10.0 Å². The first-order valence-electron chi connectivity index (χ1n) is 7.29. The zero-order valence-corrected chi connectivity index (χ0v) is 13.6. The van der Waals surface area contributed by atoms with Gasteiger partial charge in [-0.25, -0.2) is 17.5 Å². The molecule has 1 fully saturated rings. The molecule has 118 valence electrons. The molecule has 1 aromatic carbocycles. The zero-order chi connectivity index (χ0) is 15.7. The van der Waals surface area contributed by atoms with Gasteiger partial charge in [-0.05, 0) is 50.8 Å². The van der Waals surface area contributed by atoms with Gasteiger partial charge in [0, 0.05) is 18.1 Å². The molecule has 0 radical (unpaired) electrons. The molecule has 0 saturated heterocycles. The number of benzene rings is 1. The first-order valence-corrected chi connectivity index (χ1v) is 8.77. The monoisotopic (exact) mass is 314 g/mol. The minimum absolute atomic E-state index is 0.0252. The van der Waals surface area contributed by atoms with Crippen molar-refractivity contribution in [1.29, 1.82) is 0 Å². The highest BCUT2D eigenvalue weighted by Gasteiger charge is 2.28. The fraction of sp³-hybridized carbons (Fsp3) is 0.600. The molecule has 0 spiro atoms. The van der Waals surface area contributed by atoms with Crippen LogP contribution < -0.4 is 10.0 Å². The van der Waals surface area contributed by atoms with E-state index in [2.05, 4.69) is 10.0 Å². The number of halogens is 1. The number of hydrogen-bond donors (Lipinski definition) is 2. The summed E-state index contributed by atoms with van der Waals surface area (Å²) in [6, 6.07) is 4.40. The minimum Gasteiger partial charge on any atom is -0.310 e. The Labute approximate surface area is 126 Å². The van der Waals surface area contributed by atoms with E-state index in [0.29, 0.717) is 24.6 Å².